The van der Waals surface area contributed by atoms with Crippen LogP contribution in [0.2, 0.25) is 0 Å². The van der Waals surface area contributed by atoms with Gasteiger partial charge in [-0.3, -0.25) is 0 Å². The smallest absolute Gasteiger partial charge is 0.0897 e. The summed E-state index contributed by atoms with van der Waals surface area (Å²) in [5.74, 6) is 0.853. The topological polar surface area (TPSA) is 24.9 Å². The minimum Gasteiger partial charge on any atom is -0.306 e. The fourth-order valence-corrected chi connectivity index (χ4v) is 2.69. The Morgan fingerprint density at radius 2 is 2.36 bits per heavy atom. The predicted molar refractivity (Wildman–Crippen MR) is 60.6 cm³/mol. The maximum absolute atomic E-state index is 4.29. The van der Waals surface area contributed by atoms with Crippen LogP contribution in [0, 0.1) is 12.8 Å². The van der Waals surface area contributed by atoms with E-state index in [0.717, 1.165) is 17.0 Å². The number of thiazole rings is 1. The number of hydrogen-bond donors (Lipinski definition) is 1. The van der Waals surface area contributed by atoms with Crippen molar-refractivity contribution in [1.29, 1.82) is 0 Å². The quantitative estimate of drug-likeness (QED) is 0.829. The van der Waals surface area contributed by atoms with Crippen LogP contribution in [0.25, 0.3) is 0 Å². The van der Waals surface area contributed by atoms with E-state index >= 15 is 0 Å². The van der Waals surface area contributed by atoms with Crippen LogP contribution < -0.4 is 5.32 Å². The monoisotopic (exact) mass is 210 g/mol. The van der Waals surface area contributed by atoms with Crippen molar-refractivity contribution < 1.29 is 0 Å². The summed E-state index contributed by atoms with van der Waals surface area (Å²) >= 11 is 1.80. The molecule has 14 heavy (non-hydrogen) atoms. The van der Waals surface area contributed by atoms with Gasteiger partial charge in [0, 0.05) is 23.2 Å². The van der Waals surface area contributed by atoms with Gasteiger partial charge in [0.15, 0.2) is 0 Å². The second-order valence-electron chi connectivity index (χ2n) is 4.33. The van der Waals surface area contributed by atoms with Crippen molar-refractivity contribution >= 4 is 11.3 Å². The highest BCUT2D eigenvalue weighted by Gasteiger charge is 2.28. The van der Waals surface area contributed by atoms with E-state index in [2.05, 4.69) is 31.1 Å². The minimum atomic E-state index is 0.467. The average molecular weight is 210 g/mol. The molecule has 3 unspecified atom stereocenters. The van der Waals surface area contributed by atoms with Gasteiger partial charge in [-0.1, -0.05) is 6.92 Å². The molecule has 1 saturated carbocycles. The highest BCUT2D eigenvalue weighted by atomic mass is 32.1. The number of aromatic nitrogens is 1. The minimum absolute atomic E-state index is 0.467. The van der Waals surface area contributed by atoms with Gasteiger partial charge >= 0.3 is 0 Å². The first kappa shape index (κ1) is 10.1. The van der Waals surface area contributed by atoms with Gasteiger partial charge in [-0.25, -0.2) is 4.98 Å². The summed E-state index contributed by atoms with van der Waals surface area (Å²) in [6.45, 7) is 6.62. The number of nitrogens with zero attached hydrogens (tertiary/aromatic N) is 1. The Bertz CT molecular complexity index is 308. The molecular weight excluding hydrogens is 192 g/mol. The van der Waals surface area contributed by atoms with Crippen LogP contribution in [0.15, 0.2) is 6.20 Å². The normalized spacial score (nSPS) is 28.5. The van der Waals surface area contributed by atoms with Crippen molar-refractivity contribution in [2.24, 2.45) is 5.92 Å². The first-order valence-electron chi connectivity index (χ1n) is 5.35. The number of aryl methyl sites for hydroxylation is 1. The predicted octanol–water partition coefficient (Wildman–Crippen LogP) is 2.90. The number of nitrogens with one attached hydrogen (secondary N) is 1. The van der Waals surface area contributed by atoms with E-state index < -0.39 is 0 Å². The lowest BCUT2D eigenvalue weighted by Gasteiger charge is -2.36. The fraction of sp³-hybridized carbons (Fsp3) is 0.727. The zero-order valence-corrected chi connectivity index (χ0v) is 9.90. The van der Waals surface area contributed by atoms with Gasteiger partial charge in [0.1, 0.15) is 0 Å². The molecule has 1 aliphatic rings. The zero-order chi connectivity index (χ0) is 10.1. The van der Waals surface area contributed by atoms with Crippen molar-refractivity contribution in [2.75, 3.05) is 0 Å². The molecule has 0 bridgehead atoms. The molecule has 0 aliphatic heterocycles. The first-order valence-corrected chi connectivity index (χ1v) is 6.17. The van der Waals surface area contributed by atoms with Crippen LogP contribution in [0.3, 0.4) is 0 Å². The molecule has 0 spiro atoms. The van der Waals surface area contributed by atoms with Gasteiger partial charge < -0.3 is 5.32 Å². The second-order valence-corrected chi connectivity index (χ2v) is 5.60. The number of hydrogen-bond acceptors (Lipinski definition) is 3. The van der Waals surface area contributed by atoms with E-state index in [-0.39, 0.29) is 0 Å². The maximum atomic E-state index is 4.29. The lowest BCUT2D eigenvalue weighted by molar-refractivity contribution is 0.214. The molecule has 1 N–H and O–H groups in total. The van der Waals surface area contributed by atoms with Crippen molar-refractivity contribution in [3.05, 3.63) is 16.1 Å². The summed E-state index contributed by atoms with van der Waals surface area (Å²) in [5.41, 5.74) is 0. The van der Waals surface area contributed by atoms with Crippen molar-refractivity contribution in [3.8, 4) is 0 Å². The van der Waals surface area contributed by atoms with E-state index in [1.165, 1.54) is 17.7 Å². The van der Waals surface area contributed by atoms with Crippen LogP contribution in [0.1, 0.15) is 42.6 Å². The largest absolute Gasteiger partial charge is 0.306 e. The van der Waals surface area contributed by atoms with Crippen LogP contribution in [-0.4, -0.2) is 11.0 Å². The Labute approximate surface area is 89.8 Å². The van der Waals surface area contributed by atoms with Crippen molar-refractivity contribution in [1.82, 2.24) is 10.3 Å². The van der Waals surface area contributed by atoms with E-state index in [9.17, 15) is 0 Å². The van der Waals surface area contributed by atoms with Gasteiger partial charge in [0.25, 0.3) is 0 Å². The van der Waals surface area contributed by atoms with E-state index in [1.807, 2.05) is 6.20 Å². The first-order chi connectivity index (χ1) is 6.66. The lowest BCUT2D eigenvalue weighted by Crippen LogP contribution is -2.43. The van der Waals surface area contributed by atoms with Crippen molar-refractivity contribution in [3.63, 3.8) is 0 Å². The van der Waals surface area contributed by atoms with Crippen LogP contribution in [-0.2, 0) is 0 Å². The van der Waals surface area contributed by atoms with Crippen molar-refractivity contribution in [2.45, 2.75) is 45.7 Å². The summed E-state index contributed by atoms with van der Waals surface area (Å²) in [5, 5.41) is 4.83. The summed E-state index contributed by atoms with van der Waals surface area (Å²) in [6.07, 6.45) is 4.72. The second kappa shape index (κ2) is 3.99. The highest BCUT2D eigenvalue weighted by molar-refractivity contribution is 7.11. The summed E-state index contributed by atoms with van der Waals surface area (Å²) in [6, 6.07) is 1.20. The molecule has 0 radical (unpaired) electrons. The molecule has 1 fully saturated rings. The molecular formula is C11H18N2S. The molecule has 78 valence electrons. The average Bonchev–Trinajstić information content (AvgIpc) is 2.58. The van der Waals surface area contributed by atoms with E-state index in [4.69, 9.17) is 0 Å². The summed E-state index contributed by atoms with van der Waals surface area (Å²) < 4.78 is 0. The molecule has 1 aromatic rings. The molecule has 3 atom stereocenters. The third-order valence-corrected chi connectivity index (χ3v) is 4.25. The Morgan fingerprint density at radius 1 is 1.57 bits per heavy atom. The molecule has 1 aromatic heterocycles. The number of rotatable bonds is 3. The Morgan fingerprint density at radius 3 is 2.79 bits per heavy atom. The Hall–Kier alpha value is -0.410. The SMILES string of the molecule is Cc1ncc(C(C)NC2CCC2C)s1. The van der Waals surface area contributed by atoms with Gasteiger partial charge in [0.05, 0.1) is 5.01 Å². The molecule has 0 aromatic carbocycles. The zero-order valence-electron chi connectivity index (χ0n) is 9.08. The van der Waals surface area contributed by atoms with Crippen LogP contribution >= 0.6 is 11.3 Å². The maximum Gasteiger partial charge on any atom is 0.0897 e. The highest BCUT2D eigenvalue weighted by Crippen LogP contribution is 2.30. The molecule has 0 amide bonds. The van der Waals surface area contributed by atoms with Gasteiger partial charge in [0.2, 0.25) is 0 Å². The van der Waals surface area contributed by atoms with Gasteiger partial charge in [-0.2, -0.15) is 0 Å². The molecule has 0 saturated heterocycles. The van der Waals surface area contributed by atoms with Gasteiger partial charge in [-0.05, 0) is 32.6 Å². The van der Waals surface area contributed by atoms with E-state index in [1.54, 1.807) is 11.3 Å². The van der Waals surface area contributed by atoms with Crippen LogP contribution in [0.5, 0.6) is 0 Å². The molecule has 1 aliphatic carbocycles. The third kappa shape index (κ3) is 1.98. The third-order valence-electron chi connectivity index (χ3n) is 3.15. The Kier molecular flexibility index (Phi) is 2.88. The fourth-order valence-electron chi connectivity index (χ4n) is 1.90. The van der Waals surface area contributed by atoms with Gasteiger partial charge in [-0.15, -0.1) is 11.3 Å². The molecule has 1 heterocycles. The van der Waals surface area contributed by atoms with Crippen LogP contribution in [0.4, 0.5) is 0 Å². The standard InChI is InChI=1S/C11H18N2S/c1-7-4-5-10(7)13-8(2)11-6-12-9(3)14-11/h6-8,10,13H,4-5H2,1-3H3. The summed E-state index contributed by atoms with van der Waals surface area (Å²) in [7, 11) is 0. The molecule has 2 rings (SSSR count). The van der Waals surface area contributed by atoms with E-state index in [0.29, 0.717) is 6.04 Å². The Balaban J connectivity index is 1.92. The molecule has 2 nitrogen and oxygen atoms in total. The molecule has 3 heteroatoms. The summed E-state index contributed by atoms with van der Waals surface area (Å²) in [4.78, 5) is 5.65. The lowest BCUT2D eigenvalue weighted by atomic mass is 9.81.